The van der Waals surface area contributed by atoms with Crippen LogP contribution in [0.2, 0.25) is 5.02 Å². The van der Waals surface area contributed by atoms with E-state index in [0.717, 1.165) is 44.1 Å². The molecular formula is C27H22ClN5O. The van der Waals surface area contributed by atoms with Crippen LogP contribution in [0.25, 0.3) is 21.7 Å². The van der Waals surface area contributed by atoms with Gasteiger partial charge in [-0.3, -0.25) is 19.7 Å². The van der Waals surface area contributed by atoms with Crippen molar-refractivity contribution in [3.8, 4) is 0 Å². The number of nitrogens with two attached hydrogens (primary N) is 1. The van der Waals surface area contributed by atoms with E-state index >= 15 is 0 Å². The van der Waals surface area contributed by atoms with Crippen LogP contribution in [0.4, 0.5) is 0 Å². The summed E-state index contributed by atoms with van der Waals surface area (Å²) in [5, 5.41) is 6.68. The van der Waals surface area contributed by atoms with Gasteiger partial charge in [-0.05, 0) is 58.5 Å². The van der Waals surface area contributed by atoms with Crippen molar-refractivity contribution < 1.29 is 4.79 Å². The summed E-state index contributed by atoms with van der Waals surface area (Å²) in [6.07, 6.45) is 7.47. The minimum atomic E-state index is -0.157. The van der Waals surface area contributed by atoms with E-state index < -0.39 is 0 Å². The summed E-state index contributed by atoms with van der Waals surface area (Å²) < 4.78 is 0. The molecule has 168 valence electrons. The molecule has 3 heterocycles. The van der Waals surface area contributed by atoms with Crippen molar-refractivity contribution in [3.05, 3.63) is 112 Å². The summed E-state index contributed by atoms with van der Waals surface area (Å²) in [6.45, 7) is 0.776. The number of carbonyl (C=O) groups is 1. The Bertz CT molecular complexity index is 1520. The Balaban J connectivity index is 1.32. The molecule has 0 fully saturated rings. The van der Waals surface area contributed by atoms with E-state index in [1.165, 1.54) is 0 Å². The van der Waals surface area contributed by atoms with Crippen molar-refractivity contribution >= 4 is 39.2 Å². The number of nitrogens with one attached hydrogen (secondary N) is 1. The molecule has 0 aliphatic carbocycles. The first-order valence-electron chi connectivity index (χ1n) is 10.9. The summed E-state index contributed by atoms with van der Waals surface area (Å²) in [5.74, 6) is -0.157. The average molecular weight is 468 g/mol. The number of carbonyl (C=O) groups excluding carboxylic acids is 1. The predicted molar refractivity (Wildman–Crippen MR) is 135 cm³/mol. The highest BCUT2D eigenvalue weighted by Crippen LogP contribution is 2.22. The lowest BCUT2D eigenvalue weighted by molar-refractivity contribution is 0.0950. The number of nitrogens with zero attached hydrogens (tertiary/aromatic N) is 3. The summed E-state index contributed by atoms with van der Waals surface area (Å²) >= 11 is 6.08. The van der Waals surface area contributed by atoms with Gasteiger partial charge in [-0.1, -0.05) is 29.8 Å². The first-order chi connectivity index (χ1) is 16.6. The Labute approximate surface area is 201 Å². The Hall–Kier alpha value is -3.87. The SMILES string of the molecule is NCc1c(CNC(=O)c2ccnc(Cc3ccc4ncc(Cl)cc4c3)c2)ccc2cnccc12. The second-order valence-electron chi connectivity index (χ2n) is 8.08. The number of pyridine rings is 3. The maximum atomic E-state index is 12.9. The number of fused-ring (bicyclic) bond motifs is 2. The quantitative estimate of drug-likeness (QED) is 0.373. The van der Waals surface area contributed by atoms with Gasteiger partial charge in [0.05, 0.1) is 10.5 Å². The lowest BCUT2D eigenvalue weighted by Crippen LogP contribution is -2.24. The van der Waals surface area contributed by atoms with Gasteiger partial charge in [-0.2, -0.15) is 0 Å². The summed E-state index contributed by atoms with van der Waals surface area (Å²) in [5.41, 5.74) is 11.4. The van der Waals surface area contributed by atoms with Crippen LogP contribution < -0.4 is 11.1 Å². The molecule has 0 aliphatic rings. The molecule has 6 nitrogen and oxygen atoms in total. The number of benzene rings is 2. The number of hydrogen-bond donors (Lipinski definition) is 2. The molecule has 0 saturated heterocycles. The smallest absolute Gasteiger partial charge is 0.251 e. The molecule has 0 atom stereocenters. The molecular weight excluding hydrogens is 446 g/mol. The van der Waals surface area contributed by atoms with Crippen molar-refractivity contribution in [2.45, 2.75) is 19.5 Å². The molecule has 0 bridgehead atoms. The normalized spacial score (nSPS) is 11.1. The standard InChI is InChI=1S/C27H22ClN5O/c28-22-11-21-9-17(1-4-26(21)32-16-22)10-23-12-18(5-8-31-23)27(34)33-15-20-3-2-19-14-30-7-6-24(19)25(20)13-29/h1-9,11-12,14,16H,10,13,15,29H2,(H,33,34). The number of rotatable bonds is 6. The third-order valence-corrected chi connectivity index (χ3v) is 6.06. The second-order valence-corrected chi connectivity index (χ2v) is 8.52. The molecule has 0 unspecified atom stereocenters. The molecule has 5 rings (SSSR count). The van der Waals surface area contributed by atoms with E-state index in [2.05, 4.69) is 20.3 Å². The maximum absolute atomic E-state index is 12.9. The summed E-state index contributed by atoms with van der Waals surface area (Å²) in [4.78, 5) is 25.8. The van der Waals surface area contributed by atoms with Crippen molar-refractivity contribution in [1.82, 2.24) is 20.3 Å². The van der Waals surface area contributed by atoms with Crippen LogP contribution >= 0.6 is 11.6 Å². The highest BCUT2D eigenvalue weighted by Gasteiger charge is 2.11. The van der Waals surface area contributed by atoms with Crippen LogP contribution in [-0.4, -0.2) is 20.9 Å². The van der Waals surface area contributed by atoms with Crippen LogP contribution in [0.15, 0.2) is 79.4 Å². The van der Waals surface area contributed by atoms with Crippen molar-refractivity contribution in [2.75, 3.05) is 0 Å². The van der Waals surface area contributed by atoms with Gasteiger partial charge in [-0.15, -0.1) is 0 Å². The van der Waals surface area contributed by atoms with Gasteiger partial charge in [0, 0.05) is 66.3 Å². The third-order valence-electron chi connectivity index (χ3n) is 5.85. The number of amides is 1. The minimum Gasteiger partial charge on any atom is -0.348 e. The van der Waals surface area contributed by atoms with E-state index in [9.17, 15) is 4.79 Å². The van der Waals surface area contributed by atoms with Gasteiger partial charge in [0.25, 0.3) is 5.91 Å². The van der Waals surface area contributed by atoms with Gasteiger partial charge in [0.1, 0.15) is 0 Å². The van der Waals surface area contributed by atoms with Crippen LogP contribution in [0, 0.1) is 0 Å². The fourth-order valence-electron chi connectivity index (χ4n) is 4.15. The zero-order valence-electron chi connectivity index (χ0n) is 18.3. The molecule has 0 saturated carbocycles. The van der Waals surface area contributed by atoms with E-state index in [-0.39, 0.29) is 5.91 Å². The van der Waals surface area contributed by atoms with E-state index in [1.807, 2.05) is 54.7 Å². The number of halogens is 1. The maximum Gasteiger partial charge on any atom is 0.251 e. The second kappa shape index (κ2) is 9.55. The van der Waals surface area contributed by atoms with Crippen LogP contribution in [0.3, 0.4) is 0 Å². The first kappa shape index (κ1) is 21.9. The Morgan fingerprint density at radius 3 is 2.74 bits per heavy atom. The monoisotopic (exact) mass is 467 g/mol. The lowest BCUT2D eigenvalue weighted by atomic mass is 10.00. The summed E-state index contributed by atoms with van der Waals surface area (Å²) in [7, 11) is 0. The highest BCUT2D eigenvalue weighted by molar-refractivity contribution is 6.31. The summed E-state index contributed by atoms with van der Waals surface area (Å²) in [6, 6.07) is 17.4. The third kappa shape index (κ3) is 4.59. The van der Waals surface area contributed by atoms with Crippen molar-refractivity contribution in [3.63, 3.8) is 0 Å². The topological polar surface area (TPSA) is 93.8 Å². The molecule has 0 spiro atoms. The molecule has 3 N–H and O–H groups in total. The first-order valence-corrected chi connectivity index (χ1v) is 11.3. The number of hydrogen-bond acceptors (Lipinski definition) is 5. The Morgan fingerprint density at radius 2 is 1.85 bits per heavy atom. The fourth-order valence-corrected chi connectivity index (χ4v) is 4.32. The Morgan fingerprint density at radius 1 is 0.941 bits per heavy atom. The van der Waals surface area contributed by atoms with E-state index in [0.29, 0.717) is 30.1 Å². The molecule has 34 heavy (non-hydrogen) atoms. The fraction of sp³-hybridized carbons (Fsp3) is 0.111. The van der Waals surface area contributed by atoms with Gasteiger partial charge < -0.3 is 11.1 Å². The van der Waals surface area contributed by atoms with Crippen molar-refractivity contribution in [1.29, 1.82) is 0 Å². The largest absolute Gasteiger partial charge is 0.348 e. The predicted octanol–water partition coefficient (Wildman–Crippen LogP) is 4.81. The van der Waals surface area contributed by atoms with Crippen LogP contribution in [-0.2, 0) is 19.5 Å². The molecule has 0 aliphatic heterocycles. The molecule has 2 aromatic carbocycles. The van der Waals surface area contributed by atoms with Gasteiger partial charge >= 0.3 is 0 Å². The minimum absolute atomic E-state index is 0.157. The van der Waals surface area contributed by atoms with Crippen molar-refractivity contribution in [2.24, 2.45) is 5.73 Å². The van der Waals surface area contributed by atoms with Crippen LogP contribution in [0.1, 0.15) is 32.7 Å². The molecule has 3 aromatic heterocycles. The molecule has 1 amide bonds. The van der Waals surface area contributed by atoms with Gasteiger partial charge in [-0.25, -0.2) is 0 Å². The number of aromatic nitrogens is 3. The molecule has 0 radical (unpaired) electrons. The van der Waals surface area contributed by atoms with Crippen LogP contribution in [0.5, 0.6) is 0 Å². The van der Waals surface area contributed by atoms with Gasteiger partial charge in [0.2, 0.25) is 0 Å². The zero-order valence-corrected chi connectivity index (χ0v) is 19.1. The van der Waals surface area contributed by atoms with E-state index in [1.54, 1.807) is 24.7 Å². The Kier molecular flexibility index (Phi) is 6.16. The average Bonchev–Trinajstić information content (AvgIpc) is 2.86. The molecule has 5 aromatic rings. The zero-order chi connectivity index (χ0) is 23.5. The lowest BCUT2D eigenvalue weighted by Gasteiger charge is -2.13. The molecule has 7 heteroatoms. The van der Waals surface area contributed by atoms with Gasteiger partial charge in [0.15, 0.2) is 0 Å². The highest BCUT2D eigenvalue weighted by atomic mass is 35.5. The van der Waals surface area contributed by atoms with E-state index in [4.69, 9.17) is 17.3 Å².